The van der Waals surface area contributed by atoms with E-state index in [0.717, 1.165) is 19.2 Å². The topological polar surface area (TPSA) is 24.5 Å². The van der Waals surface area contributed by atoms with Gasteiger partial charge in [0.25, 0.3) is 0 Å². The molecule has 2 fully saturated rings. The predicted molar refractivity (Wildman–Crippen MR) is 80.6 cm³/mol. The minimum Gasteiger partial charge on any atom is -0.377 e. The number of nitrogens with zero attached hydrogens (tertiary/aromatic N) is 1. The van der Waals surface area contributed by atoms with E-state index in [1.54, 1.807) is 0 Å². The summed E-state index contributed by atoms with van der Waals surface area (Å²) in [5.74, 6) is 0. The molecule has 0 radical (unpaired) electrons. The van der Waals surface area contributed by atoms with Crippen molar-refractivity contribution in [3.63, 3.8) is 0 Å². The molecule has 0 amide bonds. The second-order valence-electron chi connectivity index (χ2n) is 6.28. The number of piperazine rings is 1. The molecule has 3 atom stereocenters. The van der Waals surface area contributed by atoms with E-state index in [1.165, 1.54) is 58.0 Å². The van der Waals surface area contributed by atoms with Gasteiger partial charge >= 0.3 is 0 Å². The lowest BCUT2D eigenvalue weighted by Gasteiger charge is -2.42. The summed E-state index contributed by atoms with van der Waals surface area (Å²) in [7, 11) is 0. The molecule has 0 aliphatic carbocycles. The van der Waals surface area contributed by atoms with Crippen molar-refractivity contribution in [2.24, 2.45) is 0 Å². The van der Waals surface area contributed by atoms with Crippen LogP contribution in [0.1, 0.15) is 58.8 Å². The van der Waals surface area contributed by atoms with Gasteiger partial charge in [0.05, 0.1) is 6.10 Å². The molecule has 2 rings (SSSR count). The quantitative estimate of drug-likeness (QED) is 0.801. The minimum absolute atomic E-state index is 0.494. The molecule has 2 aliphatic heterocycles. The van der Waals surface area contributed by atoms with Crippen molar-refractivity contribution in [2.75, 3.05) is 26.2 Å². The zero-order valence-electron chi connectivity index (χ0n) is 12.9. The van der Waals surface area contributed by atoms with Gasteiger partial charge < -0.3 is 10.1 Å². The maximum atomic E-state index is 5.94. The predicted octanol–water partition coefficient (Wildman–Crippen LogP) is 2.80. The number of hydrogen-bond acceptors (Lipinski definition) is 3. The summed E-state index contributed by atoms with van der Waals surface area (Å²) in [5.41, 5.74) is 0. The van der Waals surface area contributed by atoms with Crippen molar-refractivity contribution in [3.05, 3.63) is 0 Å². The first-order valence-corrected chi connectivity index (χ1v) is 8.42. The van der Waals surface area contributed by atoms with Crippen LogP contribution in [0.25, 0.3) is 0 Å². The van der Waals surface area contributed by atoms with E-state index in [-0.39, 0.29) is 0 Å². The van der Waals surface area contributed by atoms with E-state index in [1.807, 2.05) is 0 Å². The maximum absolute atomic E-state index is 5.94. The smallest absolute Gasteiger partial charge is 0.0702 e. The molecule has 0 aromatic heterocycles. The van der Waals surface area contributed by atoms with Crippen LogP contribution in [0, 0.1) is 0 Å². The van der Waals surface area contributed by atoms with Crippen molar-refractivity contribution < 1.29 is 4.74 Å². The van der Waals surface area contributed by atoms with E-state index in [0.29, 0.717) is 12.1 Å². The molecule has 3 unspecified atom stereocenters. The van der Waals surface area contributed by atoms with Crippen molar-refractivity contribution in [1.29, 1.82) is 0 Å². The lowest BCUT2D eigenvalue weighted by atomic mass is 10.0. The molecule has 3 nitrogen and oxygen atoms in total. The highest BCUT2D eigenvalue weighted by molar-refractivity contribution is 4.87. The summed E-state index contributed by atoms with van der Waals surface area (Å²) >= 11 is 0. The summed E-state index contributed by atoms with van der Waals surface area (Å²) in [6, 6.07) is 1.42. The average Bonchev–Trinajstić information content (AvgIpc) is 2.43. The lowest BCUT2D eigenvalue weighted by molar-refractivity contribution is -0.0226. The Bertz CT molecular complexity index is 241. The fourth-order valence-corrected chi connectivity index (χ4v) is 3.52. The highest BCUT2D eigenvalue weighted by atomic mass is 16.5. The fourth-order valence-electron chi connectivity index (χ4n) is 3.52. The number of rotatable bonds is 6. The third-order valence-corrected chi connectivity index (χ3v) is 4.58. The summed E-state index contributed by atoms with van der Waals surface area (Å²) in [6.07, 6.45) is 9.56. The van der Waals surface area contributed by atoms with Gasteiger partial charge in [-0.2, -0.15) is 0 Å². The molecule has 19 heavy (non-hydrogen) atoms. The number of ether oxygens (including phenoxy) is 1. The molecule has 0 saturated carbocycles. The molecule has 112 valence electrons. The molecule has 2 heterocycles. The normalized spacial score (nSPS) is 33.5. The van der Waals surface area contributed by atoms with Crippen LogP contribution >= 0.6 is 0 Å². The zero-order valence-corrected chi connectivity index (χ0v) is 12.9. The van der Waals surface area contributed by atoms with Gasteiger partial charge in [-0.25, -0.2) is 0 Å². The molecule has 0 spiro atoms. The van der Waals surface area contributed by atoms with Crippen LogP contribution in [0.4, 0.5) is 0 Å². The first-order chi connectivity index (χ1) is 9.33. The van der Waals surface area contributed by atoms with Gasteiger partial charge in [0.2, 0.25) is 0 Å². The van der Waals surface area contributed by atoms with Crippen molar-refractivity contribution in [2.45, 2.75) is 77.0 Å². The Labute approximate surface area is 119 Å². The zero-order chi connectivity index (χ0) is 13.5. The standard InChI is InChI=1S/C16H32N2O/c1-3-7-14-12-18(15(8-4-2)11-17-14)13-16-9-5-6-10-19-16/h14-17H,3-13H2,1-2H3. The molecule has 0 aromatic carbocycles. The SMILES string of the molecule is CCCC1CN(CC2CCCCO2)C(CCC)CN1. The third kappa shape index (κ3) is 4.73. The first kappa shape index (κ1) is 15.3. The second-order valence-corrected chi connectivity index (χ2v) is 6.28. The summed E-state index contributed by atoms with van der Waals surface area (Å²) in [6.45, 7) is 9.12. The monoisotopic (exact) mass is 268 g/mol. The van der Waals surface area contributed by atoms with Crippen LogP contribution in [-0.4, -0.2) is 49.3 Å². The summed E-state index contributed by atoms with van der Waals surface area (Å²) < 4.78 is 5.94. The van der Waals surface area contributed by atoms with Crippen LogP contribution in [0.15, 0.2) is 0 Å². The maximum Gasteiger partial charge on any atom is 0.0702 e. The fraction of sp³-hybridized carbons (Fsp3) is 1.00. The Kier molecular flexibility index (Phi) is 6.62. The van der Waals surface area contributed by atoms with Gasteiger partial charge in [0, 0.05) is 38.3 Å². The second kappa shape index (κ2) is 8.23. The molecule has 1 N–H and O–H groups in total. The van der Waals surface area contributed by atoms with Gasteiger partial charge in [0.1, 0.15) is 0 Å². The number of hydrogen-bond donors (Lipinski definition) is 1. The van der Waals surface area contributed by atoms with Crippen molar-refractivity contribution in [1.82, 2.24) is 10.2 Å². The molecular weight excluding hydrogens is 236 g/mol. The Balaban J connectivity index is 1.86. The van der Waals surface area contributed by atoms with Gasteiger partial charge in [0.15, 0.2) is 0 Å². The Morgan fingerprint density at radius 2 is 2.00 bits per heavy atom. The molecular formula is C16H32N2O. The Morgan fingerprint density at radius 1 is 1.16 bits per heavy atom. The average molecular weight is 268 g/mol. The van der Waals surface area contributed by atoms with Crippen LogP contribution < -0.4 is 5.32 Å². The highest BCUT2D eigenvalue weighted by Gasteiger charge is 2.29. The highest BCUT2D eigenvalue weighted by Crippen LogP contribution is 2.19. The van der Waals surface area contributed by atoms with Gasteiger partial charge in [-0.1, -0.05) is 26.7 Å². The number of nitrogens with one attached hydrogen (secondary N) is 1. The lowest BCUT2D eigenvalue weighted by Crippen LogP contribution is -2.58. The third-order valence-electron chi connectivity index (χ3n) is 4.58. The van der Waals surface area contributed by atoms with Gasteiger partial charge in [-0.3, -0.25) is 4.90 Å². The Hall–Kier alpha value is -0.120. The van der Waals surface area contributed by atoms with Crippen molar-refractivity contribution in [3.8, 4) is 0 Å². The van der Waals surface area contributed by atoms with Crippen LogP contribution in [0.2, 0.25) is 0 Å². The molecule has 2 saturated heterocycles. The van der Waals surface area contributed by atoms with Crippen molar-refractivity contribution >= 4 is 0 Å². The molecule has 0 bridgehead atoms. The molecule has 0 aromatic rings. The minimum atomic E-state index is 0.494. The van der Waals surface area contributed by atoms with Gasteiger partial charge in [-0.15, -0.1) is 0 Å². The van der Waals surface area contributed by atoms with E-state index in [2.05, 4.69) is 24.1 Å². The Morgan fingerprint density at radius 3 is 2.68 bits per heavy atom. The van der Waals surface area contributed by atoms with Crippen LogP contribution in [0.5, 0.6) is 0 Å². The van der Waals surface area contributed by atoms with Crippen LogP contribution in [-0.2, 0) is 4.74 Å². The first-order valence-electron chi connectivity index (χ1n) is 8.42. The van der Waals surface area contributed by atoms with Crippen LogP contribution in [0.3, 0.4) is 0 Å². The summed E-state index contributed by atoms with van der Waals surface area (Å²) in [5, 5.41) is 3.74. The van der Waals surface area contributed by atoms with E-state index < -0.39 is 0 Å². The van der Waals surface area contributed by atoms with E-state index >= 15 is 0 Å². The largest absolute Gasteiger partial charge is 0.377 e. The van der Waals surface area contributed by atoms with E-state index in [9.17, 15) is 0 Å². The van der Waals surface area contributed by atoms with Gasteiger partial charge in [-0.05, 0) is 32.1 Å². The summed E-state index contributed by atoms with van der Waals surface area (Å²) in [4.78, 5) is 2.72. The molecule has 3 heteroatoms. The molecule has 2 aliphatic rings. The van der Waals surface area contributed by atoms with E-state index in [4.69, 9.17) is 4.74 Å².